The molecular formula is C71H124N22O19. The average Bonchev–Trinajstić information content (AvgIpc) is 1.55. The van der Waals surface area contributed by atoms with Gasteiger partial charge in [-0.25, -0.2) is 9.78 Å². The highest BCUT2D eigenvalue weighted by Gasteiger charge is 2.42. The molecule has 1 fully saturated rings. The highest BCUT2D eigenvalue weighted by Crippen LogP contribution is 2.22. The molecule has 0 unspecified atom stereocenters. The first kappa shape index (κ1) is 98.1. The summed E-state index contributed by atoms with van der Waals surface area (Å²) in [5.41, 5.74) is 40.1. The Morgan fingerprint density at radius 2 is 0.902 bits per heavy atom. The number of rotatable bonds is 56. The molecule has 1 aliphatic heterocycles. The Bertz CT molecular complexity index is 3290. The fourth-order valence-electron chi connectivity index (χ4n) is 12.0. The number of imidazole rings is 1. The van der Waals surface area contributed by atoms with E-state index in [9.17, 15) is 91.7 Å². The van der Waals surface area contributed by atoms with Crippen LogP contribution in [-0.4, -0.2) is 243 Å². The van der Waals surface area contributed by atoms with Crippen molar-refractivity contribution in [3.05, 3.63) is 18.2 Å². The first-order valence-electron chi connectivity index (χ1n) is 38.3. The first-order valence-corrected chi connectivity index (χ1v) is 38.3. The third-order valence-electron chi connectivity index (χ3n) is 18.7. The SMILES string of the molecule is CC[C@H](C)[C@H](NC(=O)[C@@H](NC(=O)[C@H](C)NC(=O)[C@H](CCCCN)NC(=O)[C@H](CCCCN)NC(=O)[C@H](CC(=O)O)NC(=O)[C@H](C)NC(=O)[C@H](CCCCN)NC(=O)[C@@H]1CCCN1C(=O)[C@H](CC(C)C)NC(=O)[C@H](CC(N)=O)NC(=O)[C@@H](N)CCCCN)C(C)C)C(=O)N[C@@H](CCC(N)=O)C(=O)N[C@@H](Cc1cnc[nH]1)C(=O)O. The van der Waals surface area contributed by atoms with Gasteiger partial charge in [0, 0.05) is 31.3 Å². The number of aromatic nitrogens is 2. The Labute approximate surface area is 652 Å². The fourth-order valence-corrected chi connectivity index (χ4v) is 12.0. The van der Waals surface area contributed by atoms with Crippen LogP contribution in [0, 0.1) is 17.8 Å². The number of nitrogens with one attached hydrogen (secondary N) is 13. The van der Waals surface area contributed by atoms with Gasteiger partial charge in [0.25, 0.3) is 0 Å². The summed E-state index contributed by atoms with van der Waals surface area (Å²) in [6.07, 6.45) is 3.69. The van der Waals surface area contributed by atoms with E-state index in [-0.39, 0.29) is 103 Å². The van der Waals surface area contributed by atoms with E-state index in [1.165, 1.54) is 31.3 Å². The van der Waals surface area contributed by atoms with Gasteiger partial charge in [-0.2, -0.15) is 0 Å². The molecular weight excluding hydrogens is 1460 g/mol. The number of nitrogens with two attached hydrogens (primary N) is 7. The van der Waals surface area contributed by atoms with Crippen molar-refractivity contribution in [1.29, 1.82) is 0 Å². The van der Waals surface area contributed by atoms with Crippen molar-refractivity contribution in [2.75, 3.05) is 32.7 Å². The second-order valence-corrected chi connectivity index (χ2v) is 29.0. The molecule has 29 N–H and O–H groups in total. The maximum absolute atomic E-state index is 14.4. The van der Waals surface area contributed by atoms with Crippen LogP contribution in [0.3, 0.4) is 0 Å². The van der Waals surface area contributed by atoms with Gasteiger partial charge in [-0.15, -0.1) is 0 Å². The maximum atomic E-state index is 14.4. The van der Waals surface area contributed by atoms with Crippen LogP contribution in [0.1, 0.15) is 190 Å². The van der Waals surface area contributed by atoms with Gasteiger partial charge in [0.2, 0.25) is 88.6 Å². The van der Waals surface area contributed by atoms with Crippen molar-refractivity contribution < 1.29 is 91.7 Å². The molecule has 1 aliphatic rings. The molecule has 0 spiro atoms. The molecule has 0 aliphatic carbocycles. The van der Waals surface area contributed by atoms with Gasteiger partial charge in [-0.3, -0.25) is 76.7 Å². The number of unbranched alkanes of at least 4 members (excludes halogenated alkanes) is 4. The number of carboxylic acids is 2. The van der Waals surface area contributed by atoms with Crippen LogP contribution >= 0.6 is 0 Å². The summed E-state index contributed by atoms with van der Waals surface area (Å²) in [6.45, 7) is 13.5. The normalized spacial score (nSPS) is 16.4. The monoisotopic (exact) mass is 1590 g/mol. The highest BCUT2D eigenvalue weighted by atomic mass is 16.4. The van der Waals surface area contributed by atoms with Gasteiger partial charge in [0.1, 0.15) is 78.5 Å². The Morgan fingerprint density at radius 3 is 1.36 bits per heavy atom. The van der Waals surface area contributed by atoms with Crippen LogP contribution in [0.4, 0.5) is 0 Å². The average molecular weight is 1590 g/mol. The first-order chi connectivity index (χ1) is 52.8. The number of primary amides is 2. The number of aliphatic carboxylic acids is 2. The molecule has 2 heterocycles. The molecule has 0 saturated carbocycles. The van der Waals surface area contributed by atoms with Crippen LogP contribution in [0.2, 0.25) is 0 Å². The van der Waals surface area contributed by atoms with Crippen molar-refractivity contribution >= 4 is 101 Å². The van der Waals surface area contributed by atoms with E-state index in [4.69, 9.17) is 40.1 Å². The molecule has 112 heavy (non-hydrogen) atoms. The number of carboxylic acid groups (broad SMARTS) is 2. The molecule has 0 bridgehead atoms. The fraction of sp³-hybridized carbons (Fsp3) is 0.718. The van der Waals surface area contributed by atoms with Crippen LogP contribution in [-0.2, 0) is 87.9 Å². The number of amides is 15. The standard InChI is InChI=1S/C71H124N22O19/c1-9-39(6)57(69(109)86-47(24-25-53(77)94)64(104)90-51(71(111)112)32-42-35-79-36-80-42)92-68(108)56(38(4)5)91-59(99)41(8)82-61(101)44(20-11-15-27-73)83-63(103)46(22-13-17-29-75)84-66(106)49(34-55(96)97)87-58(98)40(7)81-62(102)45(21-12-16-28-74)85-67(107)52-23-18-30-93(52)70(110)50(31-37(2)3)89-65(105)48(33-54(78)95)88-60(100)43(76)19-10-14-26-72/h35-41,43-52,56-57H,9-34,72-76H2,1-8H3,(H2,77,94)(H2,78,95)(H,79,80)(H,81,102)(H,82,101)(H,83,103)(H,84,106)(H,85,107)(H,86,109)(H,87,98)(H,88,100)(H,89,105)(H,90,104)(H,91,99)(H,92,108)(H,96,97)(H,111,112)/t39-,40-,41-,43-,44-,45-,46-,47-,48-,49-,50-,51-,52-,56-,57-/m0/s1. The molecule has 0 radical (unpaired) electrons. The van der Waals surface area contributed by atoms with Crippen molar-refractivity contribution in [3.8, 4) is 0 Å². The zero-order valence-corrected chi connectivity index (χ0v) is 65.6. The van der Waals surface area contributed by atoms with Gasteiger partial charge >= 0.3 is 11.9 Å². The van der Waals surface area contributed by atoms with E-state index in [1.807, 2.05) is 0 Å². The van der Waals surface area contributed by atoms with Crippen LogP contribution in [0.25, 0.3) is 0 Å². The number of hydrogen-bond donors (Lipinski definition) is 22. The minimum Gasteiger partial charge on any atom is -0.481 e. The van der Waals surface area contributed by atoms with Crippen molar-refractivity contribution in [1.82, 2.24) is 78.7 Å². The zero-order valence-electron chi connectivity index (χ0n) is 65.6. The van der Waals surface area contributed by atoms with Crippen molar-refractivity contribution in [3.63, 3.8) is 0 Å². The lowest BCUT2D eigenvalue weighted by Crippen LogP contribution is -2.61. The second kappa shape index (κ2) is 51.5. The molecule has 15 atom stereocenters. The van der Waals surface area contributed by atoms with E-state index in [1.54, 1.807) is 41.5 Å². The molecule has 15 amide bonds. The second-order valence-electron chi connectivity index (χ2n) is 29.0. The van der Waals surface area contributed by atoms with Crippen molar-refractivity contribution in [2.45, 2.75) is 275 Å². The quantitative estimate of drug-likeness (QED) is 0.0270. The third-order valence-corrected chi connectivity index (χ3v) is 18.7. The van der Waals surface area contributed by atoms with Crippen molar-refractivity contribution in [2.24, 2.45) is 57.9 Å². The Hall–Kier alpha value is -10.0. The van der Waals surface area contributed by atoms with E-state index >= 15 is 0 Å². The Balaban J connectivity index is 2.36. The molecule has 1 saturated heterocycles. The summed E-state index contributed by atoms with van der Waals surface area (Å²) >= 11 is 0. The molecule has 0 aromatic carbocycles. The van der Waals surface area contributed by atoms with Gasteiger partial charge in [-0.1, -0.05) is 54.4 Å². The van der Waals surface area contributed by atoms with Crippen LogP contribution in [0.15, 0.2) is 12.5 Å². The Morgan fingerprint density at radius 1 is 0.482 bits per heavy atom. The maximum Gasteiger partial charge on any atom is 0.326 e. The minimum atomic E-state index is -1.91. The molecule has 2 rings (SSSR count). The van der Waals surface area contributed by atoms with Gasteiger partial charge in [-0.05, 0) is 154 Å². The molecule has 41 heteroatoms. The van der Waals surface area contributed by atoms with E-state index in [0.29, 0.717) is 57.2 Å². The number of carbonyl (C=O) groups is 17. The third kappa shape index (κ3) is 35.6. The smallest absolute Gasteiger partial charge is 0.326 e. The number of likely N-dealkylation sites (tertiary alicyclic amines) is 1. The number of hydrogen-bond acceptors (Lipinski definition) is 23. The number of aromatic amines is 1. The van der Waals surface area contributed by atoms with Gasteiger partial charge < -0.3 is 124 Å². The predicted molar refractivity (Wildman–Crippen MR) is 407 cm³/mol. The molecule has 41 nitrogen and oxygen atoms in total. The summed E-state index contributed by atoms with van der Waals surface area (Å²) in [6, 6.07) is -20.0. The van der Waals surface area contributed by atoms with Gasteiger partial charge in [0.15, 0.2) is 0 Å². The number of carbonyl (C=O) groups excluding carboxylic acids is 15. The van der Waals surface area contributed by atoms with Gasteiger partial charge in [0.05, 0.1) is 25.2 Å². The minimum absolute atomic E-state index is 0.0292. The predicted octanol–water partition coefficient (Wildman–Crippen LogP) is -5.91. The van der Waals surface area contributed by atoms with Crippen LogP contribution < -0.4 is 104 Å². The zero-order chi connectivity index (χ0) is 84.5. The lowest BCUT2D eigenvalue weighted by atomic mass is 9.95. The lowest BCUT2D eigenvalue weighted by molar-refractivity contribution is -0.143. The summed E-state index contributed by atoms with van der Waals surface area (Å²) in [5, 5.41) is 50.2. The molecule has 1 aromatic rings. The summed E-state index contributed by atoms with van der Waals surface area (Å²) in [7, 11) is 0. The number of H-pyrrole nitrogens is 1. The number of nitrogens with zero attached hydrogens (tertiary/aromatic N) is 2. The summed E-state index contributed by atoms with van der Waals surface area (Å²) < 4.78 is 0. The molecule has 1 aromatic heterocycles. The van der Waals surface area contributed by atoms with E-state index in [0.717, 1.165) is 0 Å². The van der Waals surface area contributed by atoms with E-state index in [2.05, 4.69) is 73.8 Å². The largest absolute Gasteiger partial charge is 0.481 e. The lowest BCUT2D eigenvalue weighted by Gasteiger charge is -2.31. The topological polar surface area (TPSA) is 689 Å². The summed E-state index contributed by atoms with van der Waals surface area (Å²) in [4.78, 5) is 239. The Kier molecular flexibility index (Phi) is 45.1. The highest BCUT2D eigenvalue weighted by molar-refractivity contribution is 6.01. The molecule has 632 valence electrons. The summed E-state index contributed by atoms with van der Waals surface area (Å²) in [5.74, 6) is -18.0. The van der Waals surface area contributed by atoms with Crippen LogP contribution in [0.5, 0.6) is 0 Å². The van der Waals surface area contributed by atoms with E-state index < -0.39 is 216 Å².